The van der Waals surface area contributed by atoms with Gasteiger partial charge in [0.1, 0.15) is 0 Å². The standard InChI is InChI=1S/C5H10FN.C2HF3O2/c1-4-5(2-6)3-7-4;3-2(4,5)1(6)7/h4-5,7H,2-3H2,1H3;(H,6,7)/t4?,5-;/m0./s1. The lowest BCUT2D eigenvalue weighted by Gasteiger charge is -2.32. The Morgan fingerprint density at radius 3 is 2.00 bits per heavy atom. The van der Waals surface area contributed by atoms with Crippen LogP contribution in [0.3, 0.4) is 0 Å². The van der Waals surface area contributed by atoms with Gasteiger partial charge in [0.25, 0.3) is 0 Å². The maximum Gasteiger partial charge on any atom is 0.490 e. The summed E-state index contributed by atoms with van der Waals surface area (Å²) in [5.41, 5.74) is 0. The van der Waals surface area contributed by atoms with E-state index in [4.69, 9.17) is 9.90 Å². The molecule has 0 radical (unpaired) electrons. The smallest absolute Gasteiger partial charge is 0.475 e. The third-order valence-electron chi connectivity index (χ3n) is 1.85. The van der Waals surface area contributed by atoms with E-state index in [9.17, 15) is 17.6 Å². The van der Waals surface area contributed by atoms with Crippen LogP contribution >= 0.6 is 0 Å². The Balaban J connectivity index is 0.000000241. The lowest BCUT2D eigenvalue weighted by atomic mass is 9.95. The van der Waals surface area contributed by atoms with E-state index in [1.54, 1.807) is 0 Å². The molecule has 1 fully saturated rings. The number of alkyl halides is 4. The van der Waals surface area contributed by atoms with Crippen molar-refractivity contribution in [1.82, 2.24) is 5.32 Å². The second kappa shape index (κ2) is 5.14. The predicted molar refractivity (Wildman–Crippen MR) is 40.6 cm³/mol. The number of carboxylic acid groups (broad SMARTS) is 1. The second-order valence-electron chi connectivity index (χ2n) is 2.91. The van der Waals surface area contributed by atoms with Crippen molar-refractivity contribution in [2.45, 2.75) is 19.1 Å². The van der Waals surface area contributed by atoms with Gasteiger partial charge in [-0.2, -0.15) is 13.2 Å². The van der Waals surface area contributed by atoms with E-state index in [0.717, 1.165) is 6.54 Å². The van der Waals surface area contributed by atoms with Crippen molar-refractivity contribution in [1.29, 1.82) is 0 Å². The molecule has 1 unspecified atom stereocenters. The van der Waals surface area contributed by atoms with Crippen LogP contribution in [0.2, 0.25) is 0 Å². The molecule has 1 heterocycles. The Bertz CT molecular complexity index is 193. The Morgan fingerprint density at radius 1 is 1.57 bits per heavy atom. The fourth-order valence-electron chi connectivity index (χ4n) is 0.708. The van der Waals surface area contributed by atoms with E-state index >= 15 is 0 Å². The molecule has 14 heavy (non-hydrogen) atoms. The zero-order valence-corrected chi connectivity index (χ0v) is 7.44. The summed E-state index contributed by atoms with van der Waals surface area (Å²) in [4.78, 5) is 8.90. The zero-order valence-electron chi connectivity index (χ0n) is 7.44. The molecule has 1 rings (SSSR count). The van der Waals surface area contributed by atoms with Crippen LogP contribution in [0.1, 0.15) is 6.92 Å². The molecule has 3 nitrogen and oxygen atoms in total. The summed E-state index contributed by atoms with van der Waals surface area (Å²) in [5.74, 6) is -2.45. The summed E-state index contributed by atoms with van der Waals surface area (Å²) in [5, 5.41) is 10.2. The van der Waals surface area contributed by atoms with Crippen molar-refractivity contribution < 1.29 is 27.5 Å². The summed E-state index contributed by atoms with van der Waals surface area (Å²) in [7, 11) is 0. The van der Waals surface area contributed by atoms with Crippen molar-refractivity contribution in [2.24, 2.45) is 5.92 Å². The highest BCUT2D eigenvalue weighted by atomic mass is 19.4. The monoisotopic (exact) mass is 217 g/mol. The quantitative estimate of drug-likeness (QED) is 0.649. The average Bonchev–Trinajstić information content (AvgIpc) is 2.02. The van der Waals surface area contributed by atoms with Gasteiger partial charge >= 0.3 is 12.1 Å². The topological polar surface area (TPSA) is 49.3 Å². The van der Waals surface area contributed by atoms with Gasteiger partial charge in [0.15, 0.2) is 0 Å². The van der Waals surface area contributed by atoms with Gasteiger partial charge in [-0.15, -0.1) is 0 Å². The van der Waals surface area contributed by atoms with Gasteiger partial charge in [0.05, 0.1) is 6.67 Å². The van der Waals surface area contributed by atoms with E-state index in [0.29, 0.717) is 12.0 Å². The van der Waals surface area contributed by atoms with Crippen molar-refractivity contribution >= 4 is 5.97 Å². The number of carbonyl (C=O) groups is 1. The molecule has 0 aromatic carbocycles. The lowest BCUT2D eigenvalue weighted by Crippen LogP contribution is -2.51. The van der Waals surface area contributed by atoms with Gasteiger partial charge < -0.3 is 10.4 Å². The average molecular weight is 217 g/mol. The van der Waals surface area contributed by atoms with Crippen LogP contribution in [-0.2, 0) is 4.79 Å². The molecule has 0 saturated carbocycles. The highest BCUT2D eigenvalue weighted by Crippen LogP contribution is 2.13. The second-order valence-corrected chi connectivity index (χ2v) is 2.91. The van der Waals surface area contributed by atoms with Gasteiger partial charge in [0, 0.05) is 18.5 Å². The third kappa shape index (κ3) is 4.40. The van der Waals surface area contributed by atoms with Crippen molar-refractivity contribution in [3.05, 3.63) is 0 Å². The Hall–Kier alpha value is -0.850. The number of nitrogens with one attached hydrogen (secondary N) is 1. The summed E-state index contributed by atoms with van der Waals surface area (Å²) >= 11 is 0. The molecule has 2 atom stereocenters. The third-order valence-corrected chi connectivity index (χ3v) is 1.85. The summed E-state index contributed by atoms with van der Waals surface area (Å²) in [6, 6.07) is 0.421. The van der Waals surface area contributed by atoms with Crippen molar-refractivity contribution in [3.63, 3.8) is 0 Å². The number of rotatable bonds is 1. The van der Waals surface area contributed by atoms with E-state index < -0.39 is 12.1 Å². The highest BCUT2D eigenvalue weighted by Gasteiger charge is 2.38. The molecule has 2 N–H and O–H groups in total. The molecule has 0 amide bonds. The highest BCUT2D eigenvalue weighted by molar-refractivity contribution is 5.73. The Morgan fingerprint density at radius 2 is 2.00 bits per heavy atom. The minimum Gasteiger partial charge on any atom is -0.475 e. The van der Waals surface area contributed by atoms with Crippen LogP contribution in [0.25, 0.3) is 0 Å². The fourth-order valence-corrected chi connectivity index (χ4v) is 0.708. The molecule has 0 aromatic heterocycles. The minimum atomic E-state index is -5.08. The predicted octanol–water partition coefficient (Wildman–Crippen LogP) is 1.20. The largest absolute Gasteiger partial charge is 0.490 e. The van der Waals surface area contributed by atoms with Crippen LogP contribution in [-0.4, -0.2) is 36.5 Å². The molecule has 0 spiro atoms. The maximum absolute atomic E-state index is 11.6. The first-order valence-electron chi connectivity index (χ1n) is 3.88. The van der Waals surface area contributed by atoms with Gasteiger partial charge in [-0.05, 0) is 6.92 Å². The molecule has 1 saturated heterocycles. The number of hydrogen-bond donors (Lipinski definition) is 2. The molecular weight excluding hydrogens is 206 g/mol. The van der Waals surface area contributed by atoms with Gasteiger partial charge in [-0.3, -0.25) is 4.39 Å². The van der Waals surface area contributed by atoms with Crippen LogP contribution in [0.4, 0.5) is 17.6 Å². The van der Waals surface area contributed by atoms with Gasteiger partial charge in [-0.25, -0.2) is 4.79 Å². The van der Waals surface area contributed by atoms with Crippen LogP contribution in [0.15, 0.2) is 0 Å². The van der Waals surface area contributed by atoms with Gasteiger partial charge in [-0.1, -0.05) is 0 Å². The number of aliphatic carboxylic acids is 1. The van der Waals surface area contributed by atoms with E-state index in [2.05, 4.69) is 5.32 Å². The van der Waals surface area contributed by atoms with Crippen LogP contribution < -0.4 is 5.32 Å². The van der Waals surface area contributed by atoms with Crippen LogP contribution in [0.5, 0.6) is 0 Å². The number of hydrogen-bond acceptors (Lipinski definition) is 2. The summed E-state index contributed by atoms with van der Waals surface area (Å²) in [6.45, 7) is 2.72. The first-order valence-corrected chi connectivity index (χ1v) is 3.88. The first-order chi connectivity index (χ1) is 6.29. The Labute approximate surface area is 78.1 Å². The van der Waals surface area contributed by atoms with E-state index in [1.807, 2.05) is 6.92 Å². The molecule has 0 aliphatic carbocycles. The summed E-state index contributed by atoms with van der Waals surface area (Å²) < 4.78 is 43.4. The molecule has 1 aliphatic heterocycles. The number of halogens is 4. The first kappa shape index (κ1) is 13.2. The molecule has 0 bridgehead atoms. The van der Waals surface area contributed by atoms with Crippen LogP contribution in [0, 0.1) is 5.92 Å². The molecule has 0 aromatic rings. The SMILES string of the molecule is CC1NC[C@@H]1CF.O=C(O)C(F)(F)F. The fraction of sp³-hybridized carbons (Fsp3) is 0.857. The van der Waals surface area contributed by atoms with E-state index in [1.165, 1.54) is 0 Å². The Kier molecular flexibility index (Phi) is 4.82. The van der Waals surface area contributed by atoms with Gasteiger partial charge in [0.2, 0.25) is 0 Å². The lowest BCUT2D eigenvalue weighted by molar-refractivity contribution is -0.192. The number of carboxylic acids is 1. The van der Waals surface area contributed by atoms with Crippen molar-refractivity contribution in [2.75, 3.05) is 13.2 Å². The minimum absolute atomic E-state index is 0.159. The van der Waals surface area contributed by atoms with Crippen molar-refractivity contribution in [3.8, 4) is 0 Å². The molecule has 7 heteroatoms. The van der Waals surface area contributed by atoms with E-state index in [-0.39, 0.29) is 6.67 Å². The maximum atomic E-state index is 11.6. The zero-order chi connectivity index (χ0) is 11.4. The molecular formula is C7H11F4NO2. The normalized spacial score (nSPS) is 25.8. The molecule has 84 valence electrons. The summed E-state index contributed by atoms with van der Waals surface area (Å²) in [6.07, 6.45) is -5.08. The molecule has 1 aliphatic rings.